The van der Waals surface area contributed by atoms with Gasteiger partial charge in [-0.15, -0.1) is 10.2 Å². The maximum absolute atomic E-state index is 4.09. The zero-order valence-electron chi connectivity index (χ0n) is 13.3. The van der Waals surface area contributed by atoms with Crippen molar-refractivity contribution in [2.45, 2.75) is 13.6 Å². The molecule has 0 saturated carbocycles. The molecule has 3 aromatic rings. The lowest BCUT2D eigenvalue weighted by Crippen LogP contribution is -2.41. The average molecular weight is 317 g/mol. The monoisotopic (exact) mass is 317 g/mol. The molecule has 0 aliphatic rings. The third-order valence-electron chi connectivity index (χ3n) is 3.58. The molecule has 0 radical (unpaired) electrons. The van der Waals surface area contributed by atoms with Gasteiger partial charge in [-0.05, 0) is 39.9 Å². The molecule has 0 spiro atoms. The summed E-state index contributed by atoms with van der Waals surface area (Å²) in [7, 11) is 4.23. The lowest BCUT2D eigenvalue weighted by Gasteiger charge is -2.27. The van der Waals surface area contributed by atoms with Crippen molar-refractivity contribution in [2.75, 3.05) is 20.6 Å². The smallest absolute Gasteiger partial charge is 0.226 e. The summed E-state index contributed by atoms with van der Waals surface area (Å²) in [5, 5.41) is 23.8. The van der Waals surface area contributed by atoms with Crippen LogP contribution in [-0.4, -0.2) is 71.0 Å². The predicted octanol–water partition coefficient (Wildman–Crippen LogP) is 0.193. The zero-order chi connectivity index (χ0) is 15.6. The van der Waals surface area contributed by atoms with E-state index in [0.29, 0.717) is 18.3 Å². The molecule has 10 nitrogen and oxygen atoms in total. The van der Waals surface area contributed by atoms with Crippen LogP contribution in [0, 0.1) is 0 Å². The van der Waals surface area contributed by atoms with Crippen LogP contribution in [0.5, 0.6) is 0 Å². The van der Waals surface area contributed by atoms with Gasteiger partial charge in [-0.25, -0.2) is 0 Å². The molecule has 2 heterocycles. The number of para-hydroxylation sites is 1. The molecule has 0 amide bonds. The van der Waals surface area contributed by atoms with Crippen molar-refractivity contribution in [3.63, 3.8) is 0 Å². The van der Waals surface area contributed by atoms with Crippen molar-refractivity contribution in [3.05, 3.63) is 30.3 Å². The lowest BCUT2D eigenvalue weighted by molar-refractivity contribution is -0.911. The number of benzene rings is 1. The molecule has 122 valence electrons. The third kappa shape index (κ3) is 3.38. The first-order valence-corrected chi connectivity index (χ1v) is 7.03. The molecule has 10 heteroatoms. The topological polar surface area (TPSA) is 117 Å². The summed E-state index contributed by atoms with van der Waals surface area (Å²) in [6, 6.07) is 9.67. The normalized spacial score (nSPS) is 11.3. The second-order valence-corrected chi connectivity index (χ2v) is 5.65. The van der Waals surface area contributed by atoms with Crippen LogP contribution in [-0.2, 0) is 6.67 Å². The van der Waals surface area contributed by atoms with Crippen molar-refractivity contribution in [3.8, 4) is 17.3 Å². The van der Waals surface area contributed by atoms with E-state index in [1.165, 1.54) is 0 Å². The van der Waals surface area contributed by atoms with E-state index in [-0.39, 0.29) is 5.48 Å². The molecule has 0 bridgehead atoms. The van der Waals surface area contributed by atoms with Crippen LogP contribution in [0.4, 0.5) is 0 Å². The maximum atomic E-state index is 4.09. The Labute approximate surface area is 133 Å². The summed E-state index contributed by atoms with van der Waals surface area (Å²) in [5.74, 6) is 1.07. The van der Waals surface area contributed by atoms with Gasteiger partial charge in [-0.1, -0.05) is 18.2 Å². The minimum atomic E-state index is 0. The van der Waals surface area contributed by atoms with E-state index < -0.39 is 0 Å². The average Bonchev–Trinajstić information content (AvgIpc) is 3.16. The van der Waals surface area contributed by atoms with Gasteiger partial charge in [0.05, 0.1) is 26.3 Å². The highest BCUT2D eigenvalue weighted by atomic mass is 16.0. The van der Waals surface area contributed by atoms with Crippen LogP contribution in [0.2, 0.25) is 0 Å². The molecular weight excluding hydrogens is 298 g/mol. The van der Waals surface area contributed by atoms with Crippen LogP contribution in [0.15, 0.2) is 30.3 Å². The Morgan fingerprint density at radius 1 is 0.957 bits per heavy atom. The number of hydrogen-bond donors (Lipinski definition) is 0. The van der Waals surface area contributed by atoms with Crippen LogP contribution in [0.3, 0.4) is 0 Å². The van der Waals surface area contributed by atoms with E-state index >= 15 is 0 Å². The Kier molecular flexibility index (Phi) is 4.77. The molecule has 0 aliphatic heterocycles. The first-order chi connectivity index (χ1) is 10.6. The second-order valence-electron chi connectivity index (χ2n) is 5.65. The summed E-state index contributed by atoms with van der Waals surface area (Å²) >= 11 is 0. The number of tetrazole rings is 2. The summed E-state index contributed by atoms with van der Waals surface area (Å²) in [6.45, 7) is 3.72. The highest BCUT2D eigenvalue weighted by Gasteiger charge is 2.22. The molecule has 1 N–H and O–H groups in total. The van der Waals surface area contributed by atoms with Crippen molar-refractivity contribution >= 4 is 0 Å². The molecule has 0 saturated heterocycles. The minimum absolute atomic E-state index is 0. The van der Waals surface area contributed by atoms with Gasteiger partial charge in [0.2, 0.25) is 11.6 Å². The molecular formula is C13H19N9O. The Hall–Kier alpha value is -2.72. The number of nitrogens with zero attached hydrogens (tertiary/aromatic N) is 9. The molecule has 0 unspecified atom stereocenters. The number of rotatable bonds is 5. The van der Waals surface area contributed by atoms with Crippen LogP contribution >= 0.6 is 0 Å². The number of hydrogen-bond acceptors (Lipinski definition) is 7. The Morgan fingerprint density at radius 2 is 1.61 bits per heavy atom. The molecule has 0 fully saturated rings. The standard InChI is InChI=1S/C13H18N9.H2O/c1-4-22(2,3)10-20-12(14-16-18-20)13-15-17-19-21(13)11-8-6-5-7-9-11;/h5-9H,4,10H2,1-3H3;1H2/q+1;/p-1. The SMILES string of the molecule is CC[N+](C)(C)Cn1nnnc1-c1nnnn1-c1ccccc1.[OH-]. The second kappa shape index (κ2) is 6.58. The first-order valence-electron chi connectivity index (χ1n) is 7.03. The highest BCUT2D eigenvalue weighted by molar-refractivity contribution is 5.47. The van der Waals surface area contributed by atoms with E-state index in [1.54, 1.807) is 9.36 Å². The molecule has 23 heavy (non-hydrogen) atoms. The summed E-state index contributed by atoms with van der Waals surface area (Å²) in [4.78, 5) is 0. The molecule has 0 atom stereocenters. The van der Waals surface area contributed by atoms with Gasteiger partial charge in [-0.3, -0.25) is 0 Å². The Bertz CT molecular complexity index is 750. The highest BCUT2D eigenvalue weighted by Crippen LogP contribution is 2.17. The van der Waals surface area contributed by atoms with E-state index in [0.717, 1.165) is 16.7 Å². The van der Waals surface area contributed by atoms with Gasteiger partial charge in [0.25, 0.3) is 0 Å². The summed E-state index contributed by atoms with van der Waals surface area (Å²) in [6.07, 6.45) is 0. The molecule has 3 rings (SSSR count). The minimum Gasteiger partial charge on any atom is -0.870 e. The fourth-order valence-corrected chi connectivity index (χ4v) is 1.99. The third-order valence-corrected chi connectivity index (χ3v) is 3.58. The van der Waals surface area contributed by atoms with Crippen LogP contribution in [0.1, 0.15) is 6.92 Å². The maximum Gasteiger partial charge on any atom is 0.226 e. The van der Waals surface area contributed by atoms with Crippen molar-refractivity contribution in [2.24, 2.45) is 0 Å². The van der Waals surface area contributed by atoms with Crippen molar-refractivity contribution < 1.29 is 9.96 Å². The van der Waals surface area contributed by atoms with Gasteiger partial charge in [-0.2, -0.15) is 9.36 Å². The number of quaternary nitrogens is 1. The summed E-state index contributed by atoms with van der Waals surface area (Å²) < 4.78 is 4.12. The molecule has 0 aliphatic carbocycles. The molecule has 1 aromatic carbocycles. The van der Waals surface area contributed by atoms with E-state index in [4.69, 9.17) is 0 Å². The van der Waals surface area contributed by atoms with E-state index in [9.17, 15) is 0 Å². The predicted molar refractivity (Wildman–Crippen MR) is 80.6 cm³/mol. The molecule has 2 aromatic heterocycles. The number of aromatic nitrogens is 8. The van der Waals surface area contributed by atoms with Crippen molar-refractivity contribution in [1.82, 2.24) is 40.4 Å². The largest absolute Gasteiger partial charge is 0.870 e. The Morgan fingerprint density at radius 3 is 2.30 bits per heavy atom. The van der Waals surface area contributed by atoms with Gasteiger partial charge in [0, 0.05) is 0 Å². The van der Waals surface area contributed by atoms with Gasteiger partial charge < -0.3 is 9.96 Å². The fourth-order valence-electron chi connectivity index (χ4n) is 1.99. The van der Waals surface area contributed by atoms with Crippen LogP contribution in [0.25, 0.3) is 17.3 Å². The fraction of sp³-hybridized carbons (Fsp3) is 0.385. The summed E-state index contributed by atoms with van der Waals surface area (Å²) in [5.41, 5.74) is 0.862. The van der Waals surface area contributed by atoms with E-state index in [2.05, 4.69) is 52.1 Å². The van der Waals surface area contributed by atoms with Crippen LogP contribution < -0.4 is 0 Å². The lowest BCUT2D eigenvalue weighted by atomic mass is 10.3. The quantitative estimate of drug-likeness (QED) is 0.616. The van der Waals surface area contributed by atoms with Gasteiger partial charge >= 0.3 is 0 Å². The Balaban J connectivity index is 0.00000192. The van der Waals surface area contributed by atoms with Gasteiger partial charge in [0.15, 0.2) is 6.67 Å². The van der Waals surface area contributed by atoms with Gasteiger partial charge in [0.1, 0.15) is 0 Å². The zero-order valence-corrected chi connectivity index (χ0v) is 13.3. The first kappa shape index (κ1) is 16.6. The van der Waals surface area contributed by atoms with Crippen molar-refractivity contribution in [1.29, 1.82) is 0 Å². The van der Waals surface area contributed by atoms with E-state index in [1.807, 2.05) is 30.3 Å².